The highest BCUT2D eigenvalue weighted by molar-refractivity contribution is 5.79. The van der Waals surface area contributed by atoms with Gasteiger partial charge in [-0.2, -0.15) is 0 Å². The van der Waals surface area contributed by atoms with Crippen LogP contribution in [0.15, 0.2) is 24.3 Å². The highest BCUT2D eigenvalue weighted by Crippen LogP contribution is 2.16. The Morgan fingerprint density at radius 2 is 2.13 bits per heavy atom. The summed E-state index contributed by atoms with van der Waals surface area (Å²) in [6, 6.07) is 6.69. The van der Waals surface area contributed by atoms with Crippen LogP contribution in [-0.2, 0) is 16.0 Å². The summed E-state index contributed by atoms with van der Waals surface area (Å²) in [4.78, 5) is 25.1. The molecule has 0 aliphatic carbocycles. The molecule has 2 rings (SSSR count). The number of hydrogen-bond donors (Lipinski definition) is 2. The van der Waals surface area contributed by atoms with Crippen LogP contribution in [0.3, 0.4) is 0 Å². The van der Waals surface area contributed by atoms with Crippen molar-refractivity contribution in [3.63, 3.8) is 0 Å². The van der Waals surface area contributed by atoms with E-state index in [9.17, 15) is 14.0 Å². The first-order valence-corrected chi connectivity index (χ1v) is 8.08. The molecule has 1 fully saturated rings. The first-order valence-electron chi connectivity index (χ1n) is 8.08. The molecule has 1 heterocycles. The predicted octanol–water partition coefficient (Wildman–Crippen LogP) is 1.07. The zero-order valence-electron chi connectivity index (χ0n) is 13.3. The van der Waals surface area contributed by atoms with Crippen LogP contribution in [0.1, 0.15) is 24.8 Å². The van der Waals surface area contributed by atoms with Gasteiger partial charge in [-0.05, 0) is 43.9 Å². The highest BCUT2D eigenvalue weighted by Gasteiger charge is 2.26. The number of rotatable bonds is 7. The molecule has 23 heavy (non-hydrogen) atoms. The number of nitrogens with two attached hydrogens (primary N) is 1. The van der Waals surface area contributed by atoms with E-state index in [-0.39, 0.29) is 30.1 Å². The first kappa shape index (κ1) is 17.4. The van der Waals surface area contributed by atoms with Crippen LogP contribution in [0.2, 0.25) is 0 Å². The molecule has 1 saturated heterocycles. The van der Waals surface area contributed by atoms with E-state index in [2.05, 4.69) is 5.32 Å². The normalized spacial score (nSPS) is 18.6. The van der Waals surface area contributed by atoms with Crippen LogP contribution in [0.25, 0.3) is 0 Å². The Balaban J connectivity index is 1.70. The summed E-state index contributed by atoms with van der Waals surface area (Å²) < 4.78 is 13.5. The van der Waals surface area contributed by atoms with Crippen molar-refractivity contribution >= 4 is 11.8 Å². The van der Waals surface area contributed by atoms with Crippen molar-refractivity contribution in [2.75, 3.05) is 26.2 Å². The Morgan fingerprint density at radius 1 is 1.35 bits per heavy atom. The molecule has 0 radical (unpaired) electrons. The topological polar surface area (TPSA) is 75.4 Å². The molecule has 0 spiro atoms. The number of likely N-dealkylation sites (tertiary alicyclic amines) is 1. The number of aryl methyl sites for hydroxylation is 1. The third-order valence-electron chi connectivity index (χ3n) is 4.14. The van der Waals surface area contributed by atoms with Crippen molar-refractivity contribution in [1.29, 1.82) is 0 Å². The fourth-order valence-electron chi connectivity index (χ4n) is 2.97. The van der Waals surface area contributed by atoms with Crippen molar-refractivity contribution < 1.29 is 14.0 Å². The molecular formula is C17H24FN3O2. The second-order valence-corrected chi connectivity index (χ2v) is 6.03. The van der Waals surface area contributed by atoms with Gasteiger partial charge < -0.3 is 11.1 Å². The second-order valence-electron chi connectivity index (χ2n) is 6.03. The summed E-state index contributed by atoms with van der Waals surface area (Å²) in [5.41, 5.74) is 5.87. The maximum atomic E-state index is 13.5. The van der Waals surface area contributed by atoms with Crippen LogP contribution in [0, 0.1) is 11.7 Å². The Labute approximate surface area is 136 Å². The molecule has 0 aromatic heterocycles. The monoisotopic (exact) mass is 321 g/mol. The van der Waals surface area contributed by atoms with Gasteiger partial charge in [0.2, 0.25) is 11.8 Å². The lowest BCUT2D eigenvalue weighted by Gasteiger charge is -2.30. The fourth-order valence-corrected chi connectivity index (χ4v) is 2.97. The van der Waals surface area contributed by atoms with Crippen LogP contribution < -0.4 is 11.1 Å². The number of piperidine rings is 1. The molecule has 5 nitrogen and oxygen atoms in total. The zero-order valence-corrected chi connectivity index (χ0v) is 13.3. The van der Waals surface area contributed by atoms with Crippen molar-refractivity contribution in [1.82, 2.24) is 10.2 Å². The van der Waals surface area contributed by atoms with Gasteiger partial charge >= 0.3 is 0 Å². The largest absolute Gasteiger partial charge is 0.369 e. The lowest BCUT2D eigenvalue weighted by molar-refractivity contribution is -0.128. The van der Waals surface area contributed by atoms with Crippen LogP contribution in [0.4, 0.5) is 4.39 Å². The van der Waals surface area contributed by atoms with Crippen LogP contribution in [-0.4, -0.2) is 42.9 Å². The quantitative estimate of drug-likeness (QED) is 0.738. The van der Waals surface area contributed by atoms with E-state index in [0.717, 1.165) is 19.4 Å². The number of carbonyl (C=O) groups is 2. The molecule has 126 valence electrons. The van der Waals surface area contributed by atoms with Crippen molar-refractivity contribution in [3.8, 4) is 0 Å². The smallest absolute Gasteiger partial charge is 0.231 e. The van der Waals surface area contributed by atoms with E-state index in [0.29, 0.717) is 31.5 Å². The number of nitrogens with zero attached hydrogens (tertiary/aromatic N) is 1. The van der Waals surface area contributed by atoms with Gasteiger partial charge in [0.1, 0.15) is 5.82 Å². The zero-order chi connectivity index (χ0) is 16.7. The molecule has 2 amide bonds. The Kier molecular flexibility index (Phi) is 6.52. The minimum absolute atomic E-state index is 0.00713. The minimum atomic E-state index is -0.365. The summed E-state index contributed by atoms with van der Waals surface area (Å²) in [7, 11) is 0. The molecule has 0 bridgehead atoms. The van der Waals surface area contributed by atoms with E-state index in [1.165, 1.54) is 6.07 Å². The van der Waals surface area contributed by atoms with Crippen molar-refractivity contribution in [3.05, 3.63) is 35.6 Å². The van der Waals surface area contributed by atoms with Crippen LogP contribution >= 0.6 is 0 Å². The third-order valence-corrected chi connectivity index (χ3v) is 4.14. The molecule has 1 aromatic rings. The maximum Gasteiger partial charge on any atom is 0.231 e. The molecule has 1 aliphatic rings. The lowest BCUT2D eigenvalue weighted by Crippen LogP contribution is -2.45. The van der Waals surface area contributed by atoms with E-state index in [4.69, 9.17) is 5.73 Å². The summed E-state index contributed by atoms with van der Waals surface area (Å²) in [6.07, 6.45) is 3.02. The predicted molar refractivity (Wildman–Crippen MR) is 86.1 cm³/mol. The van der Waals surface area contributed by atoms with E-state index in [1.54, 1.807) is 12.1 Å². The number of benzene rings is 1. The Hall–Kier alpha value is -1.95. The third kappa shape index (κ3) is 5.63. The van der Waals surface area contributed by atoms with Gasteiger partial charge in [-0.25, -0.2) is 4.39 Å². The summed E-state index contributed by atoms with van der Waals surface area (Å²) in [5, 5.41) is 2.91. The van der Waals surface area contributed by atoms with E-state index in [1.807, 2.05) is 11.0 Å². The van der Waals surface area contributed by atoms with Gasteiger partial charge in [-0.3, -0.25) is 14.5 Å². The summed E-state index contributed by atoms with van der Waals surface area (Å²) in [5.74, 6) is -0.659. The van der Waals surface area contributed by atoms with Crippen LogP contribution in [0.5, 0.6) is 0 Å². The van der Waals surface area contributed by atoms with Crippen molar-refractivity contribution in [2.24, 2.45) is 11.7 Å². The SMILES string of the molecule is NC(=O)CN1CCC[C@@H](C(=O)NCCCc2ccccc2F)C1. The van der Waals surface area contributed by atoms with Gasteiger partial charge in [0, 0.05) is 13.1 Å². The molecule has 0 saturated carbocycles. The number of halogens is 1. The van der Waals surface area contributed by atoms with Gasteiger partial charge in [-0.15, -0.1) is 0 Å². The number of hydrogen-bond acceptors (Lipinski definition) is 3. The summed E-state index contributed by atoms with van der Waals surface area (Å²) in [6.45, 7) is 2.11. The average Bonchev–Trinajstić information content (AvgIpc) is 2.52. The highest BCUT2D eigenvalue weighted by atomic mass is 19.1. The molecular weight excluding hydrogens is 297 g/mol. The number of primary amides is 1. The molecule has 1 aliphatic heterocycles. The fraction of sp³-hybridized carbons (Fsp3) is 0.529. The molecule has 1 aromatic carbocycles. The Bertz CT molecular complexity index is 550. The molecule has 0 unspecified atom stereocenters. The minimum Gasteiger partial charge on any atom is -0.369 e. The molecule has 6 heteroatoms. The average molecular weight is 321 g/mol. The molecule has 1 atom stereocenters. The van der Waals surface area contributed by atoms with E-state index >= 15 is 0 Å². The number of nitrogens with one attached hydrogen (secondary N) is 1. The lowest BCUT2D eigenvalue weighted by atomic mass is 9.97. The molecule has 3 N–H and O–H groups in total. The number of carbonyl (C=O) groups excluding carboxylic acids is 2. The van der Waals surface area contributed by atoms with Gasteiger partial charge in [0.25, 0.3) is 0 Å². The first-order chi connectivity index (χ1) is 11.1. The van der Waals surface area contributed by atoms with E-state index < -0.39 is 0 Å². The Morgan fingerprint density at radius 3 is 2.87 bits per heavy atom. The van der Waals surface area contributed by atoms with Gasteiger partial charge in [0.15, 0.2) is 0 Å². The van der Waals surface area contributed by atoms with Crippen molar-refractivity contribution in [2.45, 2.75) is 25.7 Å². The van der Waals surface area contributed by atoms with Gasteiger partial charge in [-0.1, -0.05) is 18.2 Å². The standard InChI is InChI=1S/C17H24FN3O2/c18-15-8-2-1-5-13(15)6-3-9-20-17(23)14-7-4-10-21(11-14)12-16(19)22/h1-2,5,8,14H,3-4,6-7,9-12H2,(H2,19,22)(H,20,23)/t14-/m1/s1. The second kappa shape index (κ2) is 8.62. The van der Waals surface area contributed by atoms with Gasteiger partial charge in [0.05, 0.1) is 12.5 Å². The summed E-state index contributed by atoms with van der Waals surface area (Å²) >= 11 is 0. The maximum absolute atomic E-state index is 13.5. The number of amides is 2.